The van der Waals surface area contributed by atoms with Crippen LogP contribution < -0.4 is 27.0 Å². The van der Waals surface area contributed by atoms with Crippen LogP contribution >= 0.6 is 0 Å². The predicted octanol–water partition coefficient (Wildman–Crippen LogP) is 1.97. The van der Waals surface area contributed by atoms with E-state index in [1.54, 1.807) is 36.4 Å². The van der Waals surface area contributed by atoms with Gasteiger partial charge in [0.05, 0.1) is 5.52 Å². The summed E-state index contributed by atoms with van der Waals surface area (Å²) in [6, 6.07) is 10.8. The van der Waals surface area contributed by atoms with Crippen LogP contribution in [0.3, 0.4) is 0 Å². The lowest BCUT2D eigenvalue weighted by molar-refractivity contribution is -0.139. The maximum Gasteiger partial charge on any atom is 0.420 e. The molecule has 0 aliphatic carbocycles. The van der Waals surface area contributed by atoms with Gasteiger partial charge in [0.25, 0.3) is 0 Å². The summed E-state index contributed by atoms with van der Waals surface area (Å²) < 4.78 is 6.49. The Kier molecular flexibility index (Phi) is 12.2. The van der Waals surface area contributed by atoms with Crippen LogP contribution in [-0.4, -0.2) is 81.4 Å². The molecule has 5 amide bonds. The smallest absolute Gasteiger partial charge is 0.420 e. The fourth-order valence-electron chi connectivity index (χ4n) is 6.83. The molecule has 2 aromatic carbocycles. The molecule has 5 rings (SSSR count). The Labute approximate surface area is 296 Å². The van der Waals surface area contributed by atoms with Crippen molar-refractivity contribution in [2.24, 2.45) is 11.8 Å². The number of nitrogens with one attached hydrogen (secondary N) is 4. The summed E-state index contributed by atoms with van der Waals surface area (Å²) in [4.78, 5) is 80.9. The number of fused-ring (bicyclic) bond motifs is 2. The first-order chi connectivity index (χ1) is 24.4. The number of benzene rings is 2. The summed E-state index contributed by atoms with van der Waals surface area (Å²) in [5, 5.41) is 21.4. The van der Waals surface area contributed by atoms with E-state index in [0.29, 0.717) is 23.9 Å². The molecule has 2 saturated heterocycles. The fraction of sp³-hybridized carbons (Fsp3) is 0.514. The molecule has 2 aliphatic heterocycles. The minimum Gasteiger partial charge on any atom is -0.508 e. The Balaban J connectivity index is 1.30. The van der Waals surface area contributed by atoms with Crippen molar-refractivity contribution in [3.63, 3.8) is 0 Å². The molecule has 5 atom stereocenters. The first kappa shape index (κ1) is 37.1. The molecule has 14 heteroatoms. The molecular weight excluding hydrogens is 656 g/mol. The van der Waals surface area contributed by atoms with Gasteiger partial charge in [-0.3, -0.25) is 28.5 Å². The van der Waals surface area contributed by atoms with Crippen LogP contribution in [0.2, 0.25) is 0 Å². The van der Waals surface area contributed by atoms with Crippen molar-refractivity contribution in [1.82, 2.24) is 30.7 Å². The third kappa shape index (κ3) is 9.77. The number of aromatic nitrogens is 1. The molecule has 0 spiro atoms. The van der Waals surface area contributed by atoms with Crippen molar-refractivity contribution < 1.29 is 33.5 Å². The third-order valence-corrected chi connectivity index (χ3v) is 9.70. The van der Waals surface area contributed by atoms with E-state index in [-0.39, 0.29) is 99.0 Å². The van der Waals surface area contributed by atoms with E-state index in [0.717, 1.165) is 5.56 Å². The van der Waals surface area contributed by atoms with Gasteiger partial charge in [-0.25, -0.2) is 4.79 Å². The van der Waals surface area contributed by atoms with Crippen LogP contribution in [-0.2, 0) is 36.9 Å². The second-order valence-corrected chi connectivity index (χ2v) is 14.1. The Morgan fingerprint density at radius 2 is 1.75 bits per heavy atom. The summed E-state index contributed by atoms with van der Waals surface area (Å²) in [7, 11) is 0. The number of nitrogens with zero attached hydrogens (tertiary/aromatic N) is 2. The lowest BCUT2D eigenvalue weighted by Crippen LogP contribution is -2.50. The number of oxazole rings is 1. The van der Waals surface area contributed by atoms with Crippen molar-refractivity contribution in [2.75, 3.05) is 13.1 Å². The van der Waals surface area contributed by atoms with Gasteiger partial charge in [-0.1, -0.05) is 45.0 Å². The average molecular weight is 705 g/mol. The highest BCUT2D eigenvalue weighted by Crippen LogP contribution is 2.23. The third-order valence-electron chi connectivity index (χ3n) is 9.70. The van der Waals surface area contributed by atoms with E-state index in [4.69, 9.17) is 4.42 Å². The Hall–Kier alpha value is -5.14. The monoisotopic (exact) mass is 704 g/mol. The first-order valence-electron chi connectivity index (χ1n) is 17.7. The number of aromatic hydroxyl groups is 1. The summed E-state index contributed by atoms with van der Waals surface area (Å²) in [5.74, 6) is -2.22. The lowest BCUT2D eigenvalue weighted by atomic mass is 9.92. The highest BCUT2D eigenvalue weighted by atomic mass is 16.4. The molecule has 0 saturated carbocycles. The topological polar surface area (TPSA) is 192 Å². The molecule has 274 valence electrons. The van der Waals surface area contributed by atoms with E-state index in [2.05, 4.69) is 21.3 Å². The van der Waals surface area contributed by atoms with Crippen molar-refractivity contribution in [1.29, 1.82) is 0 Å². The second-order valence-electron chi connectivity index (χ2n) is 14.1. The maximum absolute atomic E-state index is 13.8. The minimum atomic E-state index is -0.852. The van der Waals surface area contributed by atoms with Gasteiger partial charge in [0, 0.05) is 44.4 Å². The molecule has 3 heterocycles. The highest BCUT2D eigenvalue weighted by Gasteiger charge is 2.40. The lowest BCUT2D eigenvalue weighted by Gasteiger charge is -2.29. The summed E-state index contributed by atoms with van der Waals surface area (Å²) >= 11 is 0. The molecule has 0 bridgehead atoms. The molecule has 3 aromatic rings. The van der Waals surface area contributed by atoms with Gasteiger partial charge in [0.1, 0.15) is 24.4 Å². The van der Waals surface area contributed by atoms with Crippen molar-refractivity contribution in [2.45, 2.75) is 96.4 Å². The predicted molar refractivity (Wildman–Crippen MR) is 188 cm³/mol. The minimum absolute atomic E-state index is 0.0385. The highest BCUT2D eigenvalue weighted by molar-refractivity contribution is 5.90. The van der Waals surface area contributed by atoms with E-state index >= 15 is 0 Å². The number of carbonyl (C=O) groups excluding carboxylic acids is 5. The van der Waals surface area contributed by atoms with Crippen molar-refractivity contribution >= 4 is 40.6 Å². The van der Waals surface area contributed by atoms with Gasteiger partial charge in [0.2, 0.25) is 29.5 Å². The number of para-hydroxylation sites is 2. The van der Waals surface area contributed by atoms with Gasteiger partial charge < -0.3 is 35.7 Å². The zero-order valence-electron chi connectivity index (χ0n) is 29.4. The van der Waals surface area contributed by atoms with Gasteiger partial charge >= 0.3 is 5.76 Å². The first-order valence-corrected chi connectivity index (χ1v) is 17.7. The van der Waals surface area contributed by atoms with Gasteiger partial charge in [-0.15, -0.1) is 0 Å². The molecule has 5 N–H and O–H groups in total. The van der Waals surface area contributed by atoms with Crippen LogP contribution in [0.25, 0.3) is 11.1 Å². The molecule has 0 unspecified atom stereocenters. The summed E-state index contributed by atoms with van der Waals surface area (Å²) in [6.07, 6.45) is 2.19. The largest absolute Gasteiger partial charge is 0.508 e. The SMILES string of the molecule is CC(C)[C@@H]1CC[C@@H](C)CC(=O)N[C@@H](Cc2ccc(O)cc2)C(=O)NCCCC(=O)N2C[C@H](NC(=O)Cn3c(=O)oc4ccccc43)C[C@H]2C(=O)N1. The van der Waals surface area contributed by atoms with Crippen LogP contribution in [0, 0.1) is 11.8 Å². The maximum atomic E-state index is 13.8. The molecular formula is C37H48N6O8. The second kappa shape index (κ2) is 16.7. The number of rotatable bonds is 6. The van der Waals surface area contributed by atoms with E-state index in [1.165, 1.54) is 21.6 Å². The zero-order chi connectivity index (χ0) is 36.7. The normalized spacial score (nSPS) is 24.3. The van der Waals surface area contributed by atoms with Crippen molar-refractivity contribution in [3.8, 4) is 5.75 Å². The van der Waals surface area contributed by atoms with E-state index < -0.39 is 29.8 Å². The Bertz CT molecular complexity index is 1780. The van der Waals surface area contributed by atoms with E-state index in [1.807, 2.05) is 20.8 Å². The van der Waals surface area contributed by atoms with Gasteiger partial charge in [-0.2, -0.15) is 0 Å². The Morgan fingerprint density at radius 3 is 2.49 bits per heavy atom. The molecule has 2 aliphatic rings. The number of carbonyl (C=O) groups is 5. The molecule has 51 heavy (non-hydrogen) atoms. The number of hydrogen-bond donors (Lipinski definition) is 5. The molecule has 2 fully saturated rings. The zero-order valence-corrected chi connectivity index (χ0v) is 29.4. The van der Waals surface area contributed by atoms with E-state index in [9.17, 15) is 33.9 Å². The van der Waals surface area contributed by atoms with Crippen molar-refractivity contribution in [3.05, 3.63) is 64.6 Å². The average Bonchev–Trinajstić information content (AvgIpc) is 3.65. The molecule has 0 radical (unpaired) electrons. The van der Waals surface area contributed by atoms with Gasteiger partial charge in [-0.05, 0) is 67.3 Å². The number of amides is 5. The van der Waals surface area contributed by atoms with Crippen LogP contribution in [0.4, 0.5) is 0 Å². The quantitative estimate of drug-likeness (QED) is 0.257. The number of phenolic OH excluding ortho intramolecular Hbond substituents is 1. The molecule has 1 aromatic heterocycles. The number of hydrogen-bond acceptors (Lipinski definition) is 8. The van der Waals surface area contributed by atoms with Crippen LogP contribution in [0.5, 0.6) is 5.75 Å². The van der Waals surface area contributed by atoms with Gasteiger partial charge in [0.15, 0.2) is 5.58 Å². The Morgan fingerprint density at radius 1 is 1.00 bits per heavy atom. The van der Waals surface area contributed by atoms with Crippen LogP contribution in [0.15, 0.2) is 57.7 Å². The standard InChI is InChI=1S/C37H48N6O8/c1-22(2)27-15-10-23(3)17-32(45)40-28(18-24-11-13-26(44)14-12-24)35(48)38-16-6-9-34(47)42-20-25(19-30(42)36(49)41-27)39-33(46)21-43-29-7-4-5-8-31(29)51-37(43)50/h4-5,7-8,11-14,22-23,25,27-28,30,44H,6,9-10,15-21H2,1-3H3,(H,38,48)(H,39,46)(H,40,45)(H,41,49)/t23-,25-,27+,28+,30+/m1/s1. The molecule has 14 nitrogen and oxygen atoms in total. The summed E-state index contributed by atoms with van der Waals surface area (Å²) in [6.45, 7) is 5.95. The summed E-state index contributed by atoms with van der Waals surface area (Å²) in [5.41, 5.74) is 1.62. The fourth-order valence-corrected chi connectivity index (χ4v) is 6.83. The number of phenols is 1. The van der Waals surface area contributed by atoms with Crippen LogP contribution in [0.1, 0.15) is 64.9 Å².